The van der Waals surface area contributed by atoms with Crippen molar-refractivity contribution < 1.29 is 17.0 Å². The SMILES string of the molecule is Brc1sccc1C[P+](c1ccccc1)(c1ccccc1)c1ccccc1.[Br-]. The van der Waals surface area contributed by atoms with Gasteiger partial charge in [-0.3, -0.25) is 0 Å². The van der Waals surface area contributed by atoms with Crippen LogP contribution < -0.4 is 32.9 Å². The molecule has 0 N–H and O–H groups in total. The summed E-state index contributed by atoms with van der Waals surface area (Å²) in [6.45, 7) is 0. The largest absolute Gasteiger partial charge is 1.00 e. The number of benzene rings is 3. The Morgan fingerprint density at radius 3 is 1.37 bits per heavy atom. The Labute approximate surface area is 184 Å². The molecule has 1 aromatic heterocycles. The summed E-state index contributed by atoms with van der Waals surface area (Å²) in [5.41, 5.74) is 1.39. The van der Waals surface area contributed by atoms with Gasteiger partial charge in [0.1, 0.15) is 29.3 Å². The average molecular weight is 518 g/mol. The lowest BCUT2D eigenvalue weighted by atomic mass is 10.3. The van der Waals surface area contributed by atoms with E-state index >= 15 is 0 Å². The Kier molecular flexibility index (Phi) is 7.05. The van der Waals surface area contributed by atoms with Crippen molar-refractivity contribution >= 4 is 50.4 Å². The van der Waals surface area contributed by atoms with E-state index in [-0.39, 0.29) is 17.0 Å². The van der Waals surface area contributed by atoms with E-state index in [4.69, 9.17) is 0 Å². The van der Waals surface area contributed by atoms with Gasteiger partial charge in [0.15, 0.2) is 0 Å². The molecule has 3 aromatic carbocycles. The van der Waals surface area contributed by atoms with Crippen LogP contribution in [0.25, 0.3) is 0 Å². The molecule has 0 saturated heterocycles. The summed E-state index contributed by atoms with van der Waals surface area (Å²) in [7, 11) is -1.79. The van der Waals surface area contributed by atoms with E-state index in [2.05, 4.69) is 118 Å². The first kappa shape index (κ1) is 20.5. The van der Waals surface area contributed by atoms with Gasteiger partial charge in [0.2, 0.25) is 0 Å². The van der Waals surface area contributed by atoms with Gasteiger partial charge in [-0.1, -0.05) is 54.6 Å². The number of hydrogen-bond acceptors (Lipinski definition) is 1. The maximum absolute atomic E-state index is 3.77. The Balaban J connectivity index is 0.00000210. The molecule has 27 heavy (non-hydrogen) atoms. The van der Waals surface area contributed by atoms with E-state index in [0.29, 0.717) is 0 Å². The Bertz CT molecular complexity index is 872. The number of thiophene rings is 1. The molecule has 0 aliphatic rings. The van der Waals surface area contributed by atoms with Crippen molar-refractivity contribution in [2.45, 2.75) is 6.16 Å². The molecule has 0 aliphatic heterocycles. The fraction of sp³-hybridized carbons (Fsp3) is 0.0435. The van der Waals surface area contributed by atoms with Gasteiger partial charge in [-0.05, 0) is 63.8 Å². The van der Waals surface area contributed by atoms with Gasteiger partial charge in [-0.15, -0.1) is 11.3 Å². The maximum Gasteiger partial charge on any atom is 0.116 e. The third kappa shape index (κ3) is 4.12. The molecule has 0 aliphatic carbocycles. The molecule has 0 unspecified atom stereocenters. The van der Waals surface area contributed by atoms with E-state index in [1.165, 1.54) is 25.3 Å². The number of halogens is 2. The number of rotatable bonds is 5. The van der Waals surface area contributed by atoms with Crippen LogP contribution in [0.2, 0.25) is 0 Å². The summed E-state index contributed by atoms with van der Waals surface area (Å²) < 4.78 is 1.24. The predicted molar refractivity (Wildman–Crippen MR) is 121 cm³/mol. The molecule has 4 heteroatoms. The lowest BCUT2D eigenvalue weighted by molar-refractivity contribution is -0.00000484. The van der Waals surface area contributed by atoms with Crippen molar-refractivity contribution in [2.75, 3.05) is 0 Å². The molecule has 0 nitrogen and oxygen atoms in total. The average Bonchev–Trinajstić information content (AvgIpc) is 3.12. The summed E-state index contributed by atoms with van der Waals surface area (Å²) >= 11 is 5.54. The second-order valence-electron chi connectivity index (χ2n) is 6.19. The van der Waals surface area contributed by atoms with Gasteiger partial charge in [-0.2, -0.15) is 0 Å². The molecule has 4 aromatic rings. The van der Waals surface area contributed by atoms with Crippen LogP contribution in [0, 0.1) is 0 Å². The van der Waals surface area contributed by atoms with Crippen LogP contribution >= 0.6 is 34.5 Å². The van der Waals surface area contributed by atoms with Gasteiger partial charge in [-0.25, -0.2) is 0 Å². The van der Waals surface area contributed by atoms with Crippen LogP contribution in [-0.2, 0) is 6.16 Å². The molecule has 0 bridgehead atoms. The van der Waals surface area contributed by atoms with E-state index < -0.39 is 7.26 Å². The van der Waals surface area contributed by atoms with Crippen molar-refractivity contribution in [3.63, 3.8) is 0 Å². The zero-order valence-corrected chi connectivity index (χ0v) is 19.5. The van der Waals surface area contributed by atoms with Crippen LogP contribution in [-0.4, -0.2) is 0 Å². The molecule has 0 atom stereocenters. The van der Waals surface area contributed by atoms with Crippen molar-refractivity contribution in [3.8, 4) is 0 Å². The fourth-order valence-corrected chi connectivity index (χ4v) is 9.28. The van der Waals surface area contributed by atoms with E-state index in [1.807, 2.05) is 0 Å². The zero-order valence-electron chi connectivity index (χ0n) is 14.6. The summed E-state index contributed by atoms with van der Waals surface area (Å²) in [6, 6.07) is 35.4. The van der Waals surface area contributed by atoms with Crippen molar-refractivity contribution in [3.05, 3.63) is 112 Å². The van der Waals surface area contributed by atoms with Crippen LogP contribution in [0.3, 0.4) is 0 Å². The van der Waals surface area contributed by atoms with Crippen LogP contribution in [0.15, 0.2) is 106 Å². The minimum atomic E-state index is -1.79. The molecule has 136 valence electrons. The third-order valence-corrected chi connectivity index (χ3v) is 10.9. The van der Waals surface area contributed by atoms with Gasteiger partial charge < -0.3 is 17.0 Å². The fourth-order valence-electron chi connectivity index (χ4n) is 3.46. The maximum atomic E-state index is 3.77. The lowest BCUT2D eigenvalue weighted by Gasteiger charge is -2.27. The summed E-state index contributed by atoms with van der Waals surface area (Å²) in [6.07, 6.45) is 1.02. The Hall–Kier alpha value is -1.25. The first-order valence-corrected chi connectivity index (χ1v) is 12.2. The highest BCUT2D eigenvalue weighted by Crippen LogP contribution is 2.59. The molecule has 0 amide bonds. The summed E-state index contributed by atoms with van der Waals surface area (Å²) in [4.78, 5) is 0. The van der Waals surface area contributed by atoms with Gasteiger partial charge in [0.25, 0.3) is 0 Å². The van der Waals surface area contributed by atoms with Crippen LogP contribution in [0.4, 0.5) is 0 Å². The quantitative estimate of drug-likeness (QED) is 0.357. The molecular weight excluding hydrogens is 499 g/mol. The first-order valence-electron chi connectivity index (χ1n) is 8.57. The molecule has 1 heterocycles. The van der Waals surface area contributed by atoms with Gasteiger partial charge in [0, 0.05) is 5.56 Å². The summed E-state index contributed by atoms with van der Waals surface area (Å²) in [5.74, 6) is 0. The van der Waals surface area contributed by atoms with E-state index in [1.54, 1.807) is 11.3 Å². The third-order valence-electron chi connectivity index (χ3n) is 4.69. The molecule has 0 saturated carbocycles. The molecule has 4 rings (SSSR count). The minimum Gasteiger partial charge on any atom is -1.00 e. The second-order valence-corrected chi connectivity index (χ2v) is 11.9. The molecule has 0 spiro atoms. The smallest absolute Gasteiger partial charge is 0.116 e. The topological polar surface area (TPSA) is 0 Å². The van der Waals surface area contributed by atoms with Crippen LogP contribution in [0.1, 0.15) is 5.56 Å². The Morgan fingerprint density at radius 1 is 0.630 bits per heavy atom. The minimum absolute atomic E-state index is 0. The highest BCUT2D eigenvalue weighted by Gasteiger charge is 2.45. The monoisotopic (exact) mass is 516 g/mol. The highest BCUT2D eigenvalue weighted by molar-refractivity contribution is 9.11. The van der Waals surface area contributed by atoms with Crippen LogP contribution in [0.5, 0.6) is 0 Å². The molecule has 0 fully saturated rings. The molecule has 0 radical (unpaired) electrons. The standard InChI is InChI=1S/C23H19BrPS.BrH/c24-23-19(16-17-26-23)18-25(20-10-4-1-5-11-20,21-12-6-2-7-13-21)22-14-8-3-9-15-22;/h1-17H,18H2;1H/q+1;/p-1. The highest BCUT2D eigenvalue weighted by atomic mass is 79.9. The summed E-state index contributed by atoms with van der Waals surface area (Å²) in [5, 5.41) is 6.45. The predicted octanol–water partition coefficient (Wildman–Crippen LogP) is 3.01. The van der Waals surface area contributed by atoms with Crippen molar-refractivity contribution in [2.24, 2.45) is 0 Å². The van der Waals surface area contributed by atoms with Crippen molar-refractivity contribution in [1.82, 2.24) is 0 Å². The van der Waals surface area contributed by atoms with Gasteiger partial charge >= 0.3 is 0 Å². The first-order chi connectivity index (χ1) is 12.8. The zero-order chi connectivity index (χ0) is 17.8. The van der Waals surface area contributed by atoms with Gasteiger partial charge in [0.05, 0.1) is 3.79 Å². The number of hydrogen-bond donors (Lipinski definition) is 0. The van der Waals surface area contributed by atoms with Crippen molar-refractivity contribution in [1.29, 1.82) is 0 Å². The lowest BCUT2D eigenvalue weighted by Crippen LogP contribution is -3.00. The van der Waals surface area contributed by atoms with E-state index in [9.17, 15) is 0 Å². The normalized spacial score (nSPS) is 11.0. The second kappa shape index (κ2) is 9.30. The van der Waals surface area contributed by atoms with E-state index in [0.717, 1.165) is 6.16 Å². The Morgan fingerprint density at radius 2 is 1.04 bits per heavy atom. The molecular formula is C23H19Br2PS.